The van der Waals surface area contributed by atoms with Crippen LogP contribution in [0.2, 0.25) is 0 Å². The maximum absolute atomic E-state index is 12.3. The molecule has 0 unspecified atom stereocenters. The lowest BCUT2D eigenvalue weighted by molar-refractivity contribution is -0.112. The molecule has 0 fully saturated rings. The molecule has 1 aromatic rings. The largest absolute Gasteiger partial charge is 0.330 e. The number of benzene rings is 1. The van der Waals surface area contributed by atoms with E-state index in [1.807, 2.05) is 30.5 Å². The molecule has 23 heavy (non-hydrogen) atoms. The standard InChI is InChI=1S/C15H15N3O3S2/c1-22-13-5-3-12(4-6-13)16-15(19)11-2-7-14-17-23(20,21)9-8-18(14)10-11/h2-7,10H,8-9H2,1H3,(H,16,19). The van der Waals surface area contributed by atoms with E-state index in [0.29, 0.717) is 23.6 Å². The van der Waals surface area contributed by atoms with E-state index >= 15 is 0 Å². The van der Waals surface area contributed by atoms with E-state index in [-0.39, 0.29) is 11.7 Å². The van der Waals surface area contributed by atoms with Crippen molar-refractivity contribution < 1.29 is 13.2 Å². The molecule has 2 aliphatic heterocycles. The first-order valence-corrected chi connectivity index (χ1v) is 9.75. The van der Waals surface area contributed by atoms with Crippen molar-refractivity contribution in [1.82, 2.24) is 4.90 Å². The van der Waals surface area contributed by atoms with E-state index in [1.165, 1.54) is 0 Å². The van der Waals surface area contributed by atoms with Crippen molar-refractivity contribution >= 4 is 39.2 Å². The van der Waals surface area contributed by atoms with Crippen LogP contribution in [0.25, 0.3) is 0 Å². The van der Waals surface area contributed by atoms with Crippen molar-refractivity contribution in [3.8, 4) is 0 Å². The summed E-state index contributed by atoms with van der Waals surface area (Å²) in [6.45, 7) is 0.296. The zero-order valence-electron chi connectivity index (χ0n) is 12.4. The Bertz CT molecular complexity index is 824. The normalized spacial score (nSPS) is 18.7. The molecule has 1 amide bonds. The number of hydrogen-bond donors (Lipinski definition) is 1. The number of nitrogens with zero attached hydrogens (tertiary/aromatic N) is 2. The summed E-state index contributed by atoms with van der Waals surface area (Å²) in [6.07, 6.45) is 6.73. The number of amides is 1. The van der Waals surface area contributed by atoms with Gasteiger partial charge in [0.05, 0.1) is 11.3 Å². The topological polar surface area (TPSA) is 78.8 Å². The molecule has 1 aromatic carbocycles. The Morgan fingerprint density at radius 3 is 2.70 bits per heavy atom. The number of thioether (sulfide) groups is 1. The molecule has 2 heterocycles. The van der Waals surface area contributed by atoms with Gasteiger partial charge < -0.3 is 10.2 Å². The summed E-state index contributed by atoms with van der Waals surface area (Å²) in [5.41, 5.74) is 1.17. The SMILES string of the molecule is CSc1ccc(NC(=O)C2=CN3CCS(=O)(=O)N=C3C=C2)cc1. The average Bonchev–Trinajstić information content (AvgIpc) is 2.54. The molecule has 0 saturated carbocycles. The minimum atomic E-state index is -3.38. The van der Waals surface area contributed by atoms with Crippen LogP contribution in [0.3, 0.4) is 0 Å². The highest BCUT2D eigenvalue weighted by molar-refractivity contribution is 7.98. The number of carbonyl (C=O) groups is 1. The monoisotopic (exact) mass is 349 g/mol. The Kier molecular flexibility index (Phi) is 4.27. The number of amidine groups is 1. The van der Waals surface area contributed by atoms with Gasteiger partial charge in [-0.25, -0.2) is 8.42 Å². The molecule has 0 radical (unpaired) electrons. The van der Waals surface area contributed by atoms with Gasteiger partial charge in [-0.1, -0.05) is 0 Å². The van der Waals surface area contributed by atoms with Gasteiger partial charge in [0.2, 0.25) is 0 Å². The van der Waals surface area contributed by atoms with Gasteiger partial charge in [-0.15, -0.1) is 16.2 Å². The number of nitrogens with one attached hydrogen (secondary N) is 1. The van der Waals surface area contributed by atoms with Gasteiger partial charge in [-0.2, -0.15) is 0 Å². The first-order chi connectivity index (χ1) is 11.0. The quantitative estimate of drug-likeness (QED) is 0.843. The van der Waals surface area contributed by atoms with Crippen LogP contribution in [-0.2, 0) is 14.8 Å². The summed E-state index contributed by atoms with van der Waals surface area (Å²) in [4.78, 5) is 15.1. The Morgan fingerprint density at radius 2 is 2.00 bits per heavy atom. The van der Waals surface area contributed by atoms with Gasteiger partial charge in [0.25, 0.3) is 15.9 Å². The number of carbonyl (C=O) groups excluding carboxylic acids is 1. The highest BCUT2D eigenvalue weighted by atomic mass is 32.2. The summed E-state index contributed by atoms with van der Waals surface area (Å²) in [5, 5.41) is 2.82. The highest BCUT2D eigenvalue weighted by Gasteiger charge is 2.24. The lowest BCUT2D eigenvalue weighted by Crippen LogP contribution is -2.37. The summed E-state index contributed by atoms with van der Waals surface area (Å²) in [5.74, 6) is 0.0501. The average molecular weight is 349 g/mol. The molecule has 0 spiro atoms. The fraction of sp³-hybridized carbons (Fsp3) is 0.200. The van der Waals surface area contributed by atoms with Crippen LogP contribution in [-0.4, -0.2) is 43.6 Å². The smallest absolute Gasteiger partial charge is 0.257 e. The van der Waals surface area contributed by atoms with Crippen molar-refractivity contribution in [3.63, 3.8) is 0 Å². The Balaban J connectivity index is 1.74. The number of hydrogen-bond acceptors (Lipinski definition) is 5. The Hall–Kier alpha value is -2.06. The zero-order chi connectivity index (χ0) is 16.4. The van der Waals surface area contributed by atoms with Gasteiger partial charge >= 0.3 is 0 Å². The van der Waals surface area contributed by atoms with E-state index in [2.05, 4.69) is 9.71 Å². The summed E-state index contributed by atoms with van der Waals surface area (Å²) >= 11 is 1.63. The van der Waals surface area contributed by atoms with Crippen LogP contribution in [0.1, 0.15) is 0 Å². The number of rotatable bonds is 3. The molecule has 2 aliphatic rings. The van der Waals surface area contributed by atoms with Crippen LogP contribution >= 0.6 is 11.8 Å². The van der Waals surface area contributed by atoms with Crippen LogP contribution in [0.5, 0.6) is 0 Å². The molecule has 0 aliphatic carbocycles. The number of fused-ring (bicyclic) bond motifs is 1. The molecule has 0 bridgehead atoms. The summed E-state index contributed by atoms with van der Waals surface area (Å²) < 4.78 is 26.6. The van der Waals surface area contributed by atoms with E-state index in [9.17, 15) is 13.2 Å². The molecule has 1 N–H and O–H groups in total. The first kappa shape index (κ1) is 15.8. The number of sulfonamides is 1. The van der Waals surface area contributed by atoms with Crippen LogP contribution in [0.4, 0.5) is 5.69 Å². The molecular weight excluding hydrogens is 334 g/mol. The van der Waals surface area contributed by atoms with Gasteiger partial charge in [-0.3, -0.25) is 4.79 Å². The van der Waals surface area contributed by atoms with E-state index in [1.54, 1.807) is 35.0 Å². The molecular formula is C15H15N3O3S2. The second-order valence-corrected chi connectivity index (χ2v) is 7.66. The maximum Gasteiger partial charge on any atom is 0.257 e. The highest BCUT2D eigenvalue weighted by Crippen LogP contribution is 2.20. The zero-order valence-corrected chi connectivity index (χ0v) is 14.0. The predicted molar refractivity (Wildman–Crippen MR) is 92.0 cm³/mol. The van der Waals surface area contributed by atoms with Crippen LogP contribution in [0, 0.1) is 0 Å². The van der Waals surface area contributed by atoms with Crippen molar-refractivity contribution in [3.05, 3.63) is 48.2 Å². The maximum atomic E-state index is 12.3. The predicted octanol–water partition coefficient (Wildman–Crippen LogP) is 1.84. The lowest BCUT2D eigenvalue weighted by atomic mass is 10.1. The lowest BCUT2D eigenvalue weighted by Gasteiger charge is -2.26. The summed E-state index contributed by atoms with van der Waals surface area (Å²) in [7, 11) is -3.38. The van der Waals surface area contributed by atoms with E-state index in [0.717, 1.165) is 4.90 Å². The van der Waals surface area contributed by atoms with Crippen molar-refractivity contribution in [2.75, 3.05) is 23.9 Å². The van der Waals surface area contributed by atoms with E-state index in [4.69, 9.17) is 0 Å². The van der Waals surface area contributed by atoms with E-state index < -0.39 is 10.0 Å². The van der Waals surface area contributed by atoms with Gasteiger partial charge in [0.1, 0.15) is 5.84 Å². The Labute approximate surface area is 139 Å². The molecule has 8 heteroatoms. The fourth-order valence-corrected chi connectivity index (χ4v) is 3.59. The third-order valence-corrected chi connectivity index (χ3v) is 5.34. The number of anilines is 1. The molecule has 0 atom stereocenters. The molecule has 120 valence electrons. The molecule has 0 aromatic heterocycles. The molecule has 6 nitrogen and oxygen atoms in total. The van der Waals surface area contributed by atoms with Crippen LogP contribution < -0.4 is 5.32 Å². The second-order valence-electron chi connectivity index (χ2n) is 5.03. The second kappa shape index (κ2) is 6.21. The third kappa shape index (κ3) is 3.65. The van der Waals surface area contributed by atoms with Gasteiger partial charge in [0.15, 0.2) is 0 Å². The Morgan fingerprint density at radius 1 is 1.26 bits per heavy atom. The summed E-state index contributed by atoms with van der Waals surface area (Å²) in [6, 6.07) is 7.56. The molecule has 3 rings (SSSR count). The van der Waals surface area contributed by atoms with Gasteiger partial charge in [-0.05, 0) is 42.7 Å². The minimum absolute atomic E-state index is 0.0497. The van der Waals surface area contributed by atoms with Crippen molar-refractivity contribution in [2.24, 2.45) is 4.40 Å². The van der Waals surface area contributed by atoms with Crippen molar-refractivity contribution in [2.45, 2.75) is 4.90 Å². The van der Waals surface area contributed by atoms with Gasteiger partial charge in [0, 0.05) is 23.3 Å². The fourth-order valence-electron chi connectivity index (χ4n) is 2.21. The van der Waals surface area contributed by atoms with Crippen LogP contribution in [0.15, 0.2) is 57.5 Å². The molecule has 0 saturated heterocycles. The third-order valence-electron chi connectivity index (χ3n) is 3.43. The minimum Gasteiger partial charge on any atom is -0.330 e. The van der Waals surface area contributed by atoms with Crippen molar-refractivity contribution in [1.29, 1.82) is 0 Å². The first-order valence-electron chi connectivity index (χ1n) is 6.91.